The highest BCUT2D eigenvalue weighted by molar-refractivity contribution is 9.10. The Balaban J connectivity index is 1.30. The normalized spacial score (nSPS) is 11.5. The van der Waals surface area contributed by atoms with E-state index in [1.807, 2.05) is 37.3 Å². The number of hydrazone groups is 1. The topological polar surface area (TPSA) is 95.5 Å². The first-order valence-corrected chi connectivity index (χ1v) is 13.7. The van der Waals surface area contributed by atoms with Gasteiger partial charge < -0.3 is 18.9 Å². The largest absolute Gasteiger partial charge is 0.494 e. The summed E-state index contributed by atoms with van der Waals surface area (Å²) in [6.45, 7) is 4.49. The summed E-state index contributed by atoms with van der Waals surface area (Å²) in [5, 5.41) is 4.03. The van der Waals surface area contributed by atoms with Gasteiger partial charge in [0.2, 0.25) is 0 Å². The highest BCUT2D eigenvalue weighted by atomic mass is 79.9. The predicted molar refractivity (Wildman–Crippen MR) is 160 cm³/mol. The van der Waals surface area contributed by atoms with Gasteiger partial charge >= 0.3 is 5.97 Å². The third-order valence-electron chi connectivity index (χ3n) is 5.71. The molecule has 1 unspecified atom stereocenters. The van der Waals surface area contributed by atoms with Crippen LogP contribution >= 0.6 is 15.9 Å². The quantitative estimate of drug-likeness (QED) is 0.0837. The Labute approximate surface area is 247 Å². The van der Waals surface area contributed by atoms with Gasteiger partial charge in [0.1, 0.15) is 29.6 Å². The highest BCUT2D eigenvalue weighted by Crippen LogP contribution is 2.24. The lowest BCUT2D eigenvalue weighted by Gasteiger charge is -2.14. The minimum absolute atomic E-state index is 0.281. The molecule has 4 aromatic carbocycles. The van der Waals surface area contributed by atoms with Crippen LogP contribution in [0.1, 0.15) is 35.3 Å². The molecule has 0 radical (unpaired) electrons. The zero-order valence-electron chi connectivity index (χ0n) is 22.6. The standard InChI is InChI=1S/C32H29BrN2O6/c1-3-38-27-12-9-24(10-13-27)32(37)41-30-18-11-26(33)19-25(30)20-34-35-31(36)22(2)40-29-16-14-28(15-17-29)39-21-23-7-5-4-6-8-23/h4-20,22H,3,21H2,1-2H3,(H,35,36). The third-order valence-corrected chi connectivity index (χ3v) is 6.20. The number of esters is 1. The molecule has 4 rings (SSSR count). The smallest absolute Gasteiger partial charge is 0.343 e. The van der Waals surface area contributed by atoms with Crippen molar-refractivity contribution in [3.05, 3.63) is 118 Å². The average molecular weight is 617 g/mol. The van der Waals surface area contributed by atoms with Gasteiger partial charge in [-0.1, -0.05) is 46.3 Å². The van der Waals surface area contributed by atoms with Crippen molar-refractivity contribution < 1.29 is 28.5 Å². The minimum Gasteiger partial charge on any atom is -0.494 e. The molecule has 9 heteroatoms. The van der Waals surface area contributed by atoms with Crippen molar-refractivity contribution in [3.8, 4) is 23.0 Å². The SMILES string of the molecule is CCOc1ccc(C(=O)Oc2ccc(Br)cc2C=NNC(=O)C(C)Oc2ccc(OCc3ccccc3)cc2)cc1. The third kappa shape index (κ3) is 8.94. The van der Waals surface area contributed by atoms with E-state index in [0.29, 0.717) is 41.6 Å². The first-order chi connectivity index (χ1) is 19.9. The minimum atomic E-state index is -0.817. The lowest BCUT2D eigenvalue weighted by Crippen LogP contribution is -2.33. The van der Waals surface area contributed by atoms with E-state index in [1.54, 1.807) is 73.7 Å². The molecule has 41 heavy (non-hydrogen) atoms. The fraction of sp³-hybridized carbons (Fsp3) is 0.156. The van der Waals surface area contributed by atoms with Crippen molar-refractivity contribution in [2.24, 2.45) is 5.10 Å². The Morgan fingerprint density at radius 2 is 1.54 bits per heavy atom. The van der Waals surface area contributed by atoms with Gasteiger partial charge in [0.25, 0.3) is 5.91 Å². The molecule has 0 bridgehead atoms. The average Bonchev–Trinajstić information content (AvgIpc) is 2.99. The molecule has 0 aromatic heterocycles. The van der Waals surface area contributed by atoms with Crippen molar-refractivity contribution in [2.75, 3.05) is 6.61 Å². The maximum absolute atomic E-state index is 12.7. The van der Waals surface area contributed by atoms with Crippen molar-refractivity contribution >= 4 is 34.0 Å². The molecule has 0 spiro atoms. The molecule has 8 nitrogen and oxygen atoms in total. The molecule has 0 saturated carbocycles. The summed E-state index contributed by atoms with van der Waals surface area (Å²) in [7, 11) is 0. The lowest BCUT2D eigenvalue weighted by molar-refractivity contribution is -0.127. The summed E-state index contributed by atoms with van der Waals surface area (Å²) in [5.74, 6) is 1.17. The van der Waals surface area contributed by atoms with Crippen molar-refractivity contribution in [2.45, 2.75) is 26.6 Å². The van der Waals surface area contributed by atoms with E-state index in [-0.39, 0.29) is 5.75 Å². The second-order valence-corrected chi connectivity index (χ2v) is 9.68. The van der Waals surface area contributed by atoms with Crippen molar-refractivity contribution in [1.29, 1.82) is 0 Å². The maximum atomic E-state index is 12.7. The summed E-state index contributed by atoms with van der Waals surface area (Å²) < 4.78 is 23.3. The molecule has 1 atom stereocenters. The molecule has 0 fully saturated rings. The highest BCUT2D eigenvalue weighted by Gasteiger charge is 2.15. The number of ether oxygens (including phenoxy) is 4. The molecule has 1 amide bonds. The summed E-state index contributed by atoms with van der Waals surface area (Å²) >= 11 is 3.41. The van der Waals surface area contributed by atoms with E-state index in [0.717, 1.165) is 10.0 Å². The van der Waals surface area contributed by atoms with Crippen LogP contribution in [0.5, 0.6) is 23.0 Å². The van der Waals surface area contributed by atoms with Gasteiger partial charge in [-0.05, 0) is 86.1 Å². The van der Waals surface area contributed by atoms with Crippen LogP contribution < -0.4 is 24.4 Å². The van der Waals surface area contributed by atoms with Gasteiger partial charge in [-0.2, -0.15) is 5.10 Å². The number of rotatable bonds is 12. The molecule has 0 saturated heterocycles. The molecule has 0 aliphatic carbocycles. The number of nitrogens with one attached hydrogen (secondary N) is 1. The number of carbonyl (C=O) groups is 2. The maximum Gasteiger partial charge on any atom is 0.343 e. The second kappa shape index (κ2) is 14.7. The number of hydrogen-bond donors (Lipinski definition) is 1. The summed E-state index contributed by atoms with van der Waals surface area (Å²) in [6, 6.07) is 28.7. The van der Waals surface area contributed by atoms with Gasteiger partial charge in [-0.25, -0.2) is 10.2 Å². The molecule has 0 heterocycles. The molecule has 1 N–H and O–H groups in total. The van der Waals surface area contributed by atoms with Crippen LogP contribution in [-0.2, 0) is 11.4 Å². The van der Waals surface area contributed by atoms with Crippen LogP contribution in [0.4, 0.5) is 0 Å². The Morgan fingerprint density at radius 1 is 0.878 bits per heavy atom. The van der Waals surface area contributed by atoms with Crippen LogP contribution in [-0.4, -0.2) is 30.8 Å². The molecule has 0 aliphatic rings. The van der Waals surface area contributed by atoms with Crippen LogP contribution in [0.3, 0.4) is 0 Å². The Kier molecular flexibility index (Phi) is 10.5. The number of carbonyl (C=O) groups excluding carboxylic acids is 2. The monoisotopic (exact) mass is 616 g/mol. The van der Waals surface area contributed by atoms with E-state index in [4.69, 9.17) is 18.9 Å². The first kappa shape index (κ1) is 29.4. The number of nitrogens with zero attached hydrogens (tertiary/aromatic N) is 1. The van der Waals surface area contributed by atoms with Crippen molar-refractivity contribution in [3.63, 3.8) is 0 Å². The Hall–Kier alpha value is -4.63. The van der Waals surface area contributed by atoms with Gasteiger partial charge in [0.15, 0.2) is 6.10 Å². The first-order valence-electron chi connectivity index (χ1n) is 12.9. The van der Waals surface area contributed by atoms with E-state index >= 15 is 0 Å². The number of benzene rings is 4. The number of amides is 1. The zero-order valence-corrected chi connectivity index (χ0v) is 24.2. The summed E-state index contributed by atoms with van der Waals surface area (Å²) in [5.41, 5.74) is 4.39. The van der Waals surface area contributed by atoms with Crippen LogP contribution in [0.2, 0.25) is 0 Å². The summed E-state index contributed by atoms with van der Waals surface area (Å²) in [4.78, 5) is 25.2. The second-order valence-electron chi connectivity index (χ2n) is 8.77. The van der Waals surface area contributed by atoms with Gasteiger partial charge in [-0.3, -0.25) is 4.79 Å². The van der Waals surface area contributed by atoms with E-state index in [9.17, 15) is 9.59 Å². The lowest BCUT2D eigenvalue weighted by atomic mass is 10.2. The Morgan fingerprint density at radius 3 is 2.24 bits per heavy atom. The molecular weight excluding hydrogens is 588 g/mol. The Bertz CT molecular complexity index is 1470. The fourth-order valence-corrected chi connectivity index (χ4v) is 3.97. The fourth-order valence-electron chi connectivity index (χ4n) is 3.60. The van der Waals surface area contributed by atoms with E-state index in [1.165, 1.54) is 6.21 Å². The molecule has 210 valence electrons. The van der Waals surface area contributed by atoms with Crippen LogP contribution in [0.25, 0.3) is 0 Å². The molecule has 0 aliphatic heterocycles. The van der Waals surface area contributed by atoms with Gasteiger partial charge in [-0.15, -0.1) is 0 Å². The number of hydrogen-bond acceptors (Lipinski definition) is 7. The summed E-state index contributed by atoms with van der Waals surface area (Å²) in [6.07, 6.45) is 0.581. The van der Waals surface area contributed by atoms with Gasteiger partial charge in [0.05, 0.1) is 18.4 Å². The predicted octanol–water partition coefficient (Wildman–Crippen LogP) is 6.56. The zero-order chi connectivity index (χ0) is 29.0. The van der Waals surface area contributed by atoms with E-state index < -0.39 is 18.0 Å². The van der Waals surface area contributed by atoms with Crippen LogP contribution in [0, 0.1) is 0 Å². The van der Waals surface area contributed by atoms with Crippen molar-refractivity contribution in [1.82, 2.24) is 5.43 Å². The van der Waals surface area contributed by atoms with Crippen LogP contribution in [0.15, 0.2) is 107 Å². The van der Waals surface area contributed by atoms with E-state index in [2.05, 4.69) is 26.5 Å². The molecular formula is C32H29BrN2O6. The number of halogens is 1. The molecule has 4 aromatic rings. The van der Waals surface area contributed by atoms with Gasteiger partial charge in [0, 0.05) is 10.0 Å².